The summed E-state index contributed by atoms with van der Waals surface area (Å²) in [4.78, 5) is 39.6. The second kappa shape index (κ2) is 14.0. The number of fused-ring (bicyclic) bond motifs is 1. The predicted octanol–water partition coefficient (Wildman–Crippen LogP) is 0.991. The van der Waals surface area contributed by atoms with Gasteiger partial charge in [0.2, 0.25) is 5.95 Å². The van der Waals surface area contributed by atoms with Crippen LogP contribution < -0.4 is 22.5 Å². The standard InChI is InChI=1S/C22H25N7O3.CH5N/c1-4-6-14(21(32)26-12-17(30)31)9-8-13(3)15(7-5-2)10-16-11-25-20-18(27-16)19(23)28-22(24)29-20;1-2/h2,4,6,8-9,11,15H,7,10,12H2,1,3H3,(H,26,32)(H,30,31)(H4,23,24,25,28,29);2H2,1H3/b6-4-,13-8+,14-9+;. The number of carboxylic acid groups (broad SMARTS) is 1. The Morgan fingerprint density at radius 2 is 1.94 bits per heavy atom. The van der Waals surface area contributed by atoms with Crippen LogP contribution in [0.1, 0.15) is 26.0 Å². The Bertz CT molecular complexity index is 1150. The van der Waals surface area contributed by atoms with Crippen molar-refractivity contribution in [3.8, 4) is 12.3 Å². The second-order valence-corrected chi connectivity index (χ2v) is 6.92. The normalized spacial score (nSPS) is 12.6. The lowest BCUT2D eigenvalue weighted by atomic mass is 9.91. The third kappa shape index (κ3) is 8.33. The van der Waals surface area contributed by atoms with Crippen molar-refractivity contribution in [1.29, 1.82) is 0 Å². The average molecular weight is 467 g/mol. The smallest absolute Gasteiger partial charge is 0.322 e. The molecule has 11 nitrogen and oxygen atoms in total. The van der Waals surface area contributed by atoms with Crippen molar-refractivity contribution >= 4 is 34.8 Å². The molecule has 0 saturated carbocycles. The number of nitrogens with two attached hydrogens (primary N) is 3. The molecule has 0 aromatic carbocycles. The van der Waals surface area contributed by atoms with E-state index in [1.807, 2.05) is 6.92 Å². The van der Waals surface area contributed by atoms with Crippen molar-refractivity contribution in [3.63, 3.8) is 0 Å². The highest BCUT2D eigenvalue weighted by Gasteiger charge is 2.15. The van der Waals surface area contributed by atoms with Crippen LogP contribution in [0.5, 0.6) is 0 Å². The van der Waals surface area contributed by atoms with Gasteiger partial charge in [-0.1, -0.05) is 23.8 Å². The zero-order valence-corrected chi connectivity index (χ0v) is 19.4. The molecule has 0 aliphatic rings. The summed E-state index contributed by atoms with van der Waals surface area (Å²) in [5, 5.41) is 11.1. The number of carboxylic acids is 1. The molecule has 0 spiro atoms. The van der Waals surface area contributed by atoms with E-state index in [-0.39, 0.29) is 17.7 Å². The molecular formula is C23H30N8O3. The van der Waals surface area contributed by atoms with Crippen LogP contribution in [-0.2, 0) is 16.0 Å². The third-order valence-electron chi connectivity index (χ3n) is 4.50. The lowest BCUT2D eigenvalue weighted by Crippen LogP contribution is -2.30. The van der Waals surface area contributed by atoms with Gasteiger partial charge in [0.1, 0.15) is 6.54 Å². The van der Waals surface area contributed by atoms with Crippen molar-refractivity contribution in [2.24, 2.45) is 11.7 Å². The Labute approximate surface area is 198 Å². The van der Waals surface area contributed by atoms with Crippen LogP contribution >= 0.6 is 0 Å². The van der Waals surface area contributed by atoms with Crippen molar-refractivity contribution in [3.05, 3.63) is 47.3 Å². The minimum absolute atomic E-state index is 0.0251. The van der Waals surface area contributed by atoms with Gasteiger partial charge in [0.05, 0.1) is 11.9 Å². The molecule has 1 unspecified atom stereocenters. The van der Waals surface area contributed by atoms with Crippen LogP contribution in [0.3, 0.4) is 0 Å². The Balaban J connectivity index is 0.00000281. The fourth-order valence-corrected chi connectivity index (χ4v) is 2.87. The molecular weight excluding hydrogens is 436 g/mol. The number of anilines is 2. The second-order valence-electron chi connectivity index (χ2n) is 6.92. The van der Waals surface area contributed by atoms with Crippen LogP contribution in [0.2, 0.25) is 0 Å². The summed E-state index contributed by atoms with van der Waals surface area (Å²) in [6.45, 7) is 3.19. The highest BCUT2D eigenvalue weighted by molar-refractivity contribution is 5.97. The Kier molecular flexibility index (Phi) is 11.4. The summed E-state index contributed by atoms with van der Waals surface area (Å²) in [6, 6.07) is 0. The SMILES string of the molecule is C#CCC(Cc1cnc2nc(N)nc(N)c2n1)/C(C)=C/C=C(\C=C/C)C(=O)NCC(=O)O.CN. The number of aromatic nitrogens is 4. The van der Waals surface area contributed by atoms with Gasteiger partial charge in [0.25, 0.3) is 5.91 Å². The summed E-state index contributed by atoms with van der Waals surface area (Å²) in [6.07, 6.45) is 14.8. The molecule has 11 heteroatoms. The lowest BCUT2D eigenvalue weighted by molar-refractivity contribution is -0.137. The zero-order chi connectivity index (χ0) is 25.7. The number of amides is 1. The molecule has 0 bridgehead atoms. The van der Waals surface area contributed by atoms with Gasteiger partial charge in [0, 0.05) is 12.0 Å². The van der Waals surface area contributed by atoms with Crippen LogP contribution in [0.15, 0.2) is 41.6 Å². The zero-order valence-electron chi connectivity index (χ0n) is 19.4. The first-order valence-electron chi connectivity index (χ1n) is 10.3. The van der Waals surface area contributed by atoms with Crippen molar-refractivity contribution in [1.82, 2.24) is 25.3 Å². The molecule has 0 saturated heterocycles. The highest BCUT2D eigenvalue weighted by atomic mass is 16.4. The topological polar surface area (TPSA) is 196 Å². The highest BCUT2D eigenvalue weighted by Crippen LogP contribution is 2.22. The number of nitrogens with zero attached hydrogens (tertiary/aromatic N) is 4. The molecule has 2 heterocycles. The van der Waals surface area contributed by atoms with Gasteiger partial charge in [-0.05, 0) is 39.3 Å². The maximum Gasteiger partial charge on any atom is 0.322 e. The van der Waals surface area contributed by atoms with Crippen LogP contribution in [-0.4, -0.2) is 50.5 Å². The molecule has 34 heavy (non-hydrogen) atoms. The quantitative estimate of drug-likeness (QED) is 0.202. The number of nitrogens with one attached hydrogen (secondary N) is 1. The lowest BCUT2D eigenvalue weighted by Gasteiger charge is -2.15. The number of aliphatic carboxylic acids is 1. The number of allylic oxidation sites excluding steroid dienone is 4. The molecule has 0 fully saturated rings. The maximum atomic E-state index is 12.2. The third-order valence-corrected chi connectivity index (χ3v) is 4.50. The fourth-order valence-electron chi connectivity index (χ4n) is 2.87. The number of hydrogen-bond acceptors (Lipinski definition) is 9. The molecule has 180 valence electrons. The number of rotatable bonds is 9. The van der Waals surface area contributed by atoms with Gasteiger partial charge in [-0.15, -0.1) is 12.3 Å². The minimum Gasteiger partial charge on any atom is -0.480 e. The molecule has 1 atom stereocenters. The summed E-state index contributed by atoms with van der Waals surface area (Å²) in [5.41, 5.74) is 18.5. The molecule has 2 aromatic heterocycles. The van der Waals surface area contributed by atoms with E-state index in [9.17, 15) is 9.59 Å². The Morgan fingerprint density at radius 1 is 1.24 bits per heavy atom. The van der Waals surface area contributed by atoms with Crippen LogP contribution in [0.25, 0.3) is 11.2 Å². The summed E-state index contributed by atoms with van der Waals surface area (Å²) in [5.74, 6) is 1.15. The monoisotopic (exact) mass is 466 g/mol. The van der Waals surface area contributed by atoms with Gasteiger partial charge in [-0.3, -0.25) is 9.59 Å². The Morgan fingerprint density at radius 3 is 2.56 bits per heavy atom. The van der Waals surface area contributed by atoms with E-state index in [0.29, 0.717) is 35.3 Å². The molecule has 8 N–H and O–H groups in total. The first kappa shape index (κ1) is 27.7. The van der Waals surface area contributed by atoms with E-state index in [2.05, 4.69) is 36.9 Å². The number of terminal acetylenes is 1. The molecule has 1 amide bonds. The molecule has 0 aliphatic carbocycles. The first-order chi connectivity index (χ1) is 16.2. The maximum absolute atomic E-state index is 12.2. The molecule has 2 rings (SSSR count). The van der Waals surface area contributed by atoms with Crippen LogP contribution in [0.4, 0.5) is 11.8 Å². The minimum atomic E-state index is -1.12. The van der Waals surface area contributed by atoms with Crippen molar-refractivity contribution in [2.75, 3.05) is 25.1 Å². The fraction of sp³-hybridized carbons (Fsp3) is 0.304. The number of nitrogen functional groups attached to an aromatic ring is 2. The molecule has 0 aliphatic heterocycles. The predicted molar refractivity (Wildman–Crippen MR) is 132 cm³/mol. The van der Waals surface area contributed by atoms with E-state index in [1.165, 1.54) is 7.05 Å². The number of carbonyl (C=O) groups excluding carboxylic acids is 1. The largest absolute Gasteiger partial charge is 0.480 e. The summed E-state index contributed by atoms with van der Waals surface area (Å²) < 4.78 is 0. The average Bonchev–Trinajstić information content (AvgIpc) is 2.81. The van der Waals surface area contributed by atoms with E-state index in [0.717, 1.165) is 5.57 Å². The van der Waals surface area contributed by atoms with Crippen molar-refractivity contribution in [2.45, 2.75) is 26.7 Å². The van der Waals surface area contributed by atoms with Crippen molar-refractivity contribution < 1.29 is 14.7 Å². The number of carbonyl (C=O) groups is 2. The first-order valence-corrected chi connectivity index (χ1v) is 10.3. The molecule has 2 aromatic rings. The van der Waals surface area contributed by atoms with Gasteiger partial charge >= 0.3 is 5.97 Å². The van der Waals surface area contributed by atoms with E-state index in [4.69, 9.17) is 23.0 Å². The van der Waals surface area contributed by atoms with E-state index >= 15 is 0 Å². The van der Waals surface area contributed by atoms with Gasteiger partial charge in [-0.25, -0.2) is 9.97 Å². The van der Waals surface area contributed by atoms with E-state index in [1.54, 1.807) is 37.4 Å². The van der Waals surface area contributed by atoms with Gasteiger partial charge in [-0.2, -0.15) is 9.97 Å². The summed E-state index contributed by atoms with van der Waals surface area (Å²) in [7, 11) is 1.50. The van der Waals surface area contributed by atoms with E-state index < -0.39 is 18.4 Å². The number of hydrogen-bond donors (Lipinski definition) is 5. The van der Waals surface area contributed by atoms with Gasteiger partial charge in [0.15, 0.2) is 17.0 Å². The van der Waals surface area contributed by atoms with Crippen LogP contribution in [0, 0.1) is 18.3 Å². The Hall–Kier alpha value is -4.30. The van der Waals surface area contributed by atoms with Gasteiger partial charge < -0.3 is 27.6 Å². The molecule has 0 radical (unpaired) electrons. The summed E-state index contributed by atoms with van der Waals surface area (Å²) >= 11 is 0.